The monoisotopic (exact) mass is 310 g/mol. The predicted molar refractivity (Wildman–Crippen MR) is 91.3 cm³/mol. The minimum absolute atomic E-state index is 0.00315. The first-order valence-corrected chi connectivity index (χ1v) is 8.80. The van der Waals surface area contributed by atoms with Crippen molar-refractivity contribution in [2.24, 2.45) is 28.6 Å². The molecule has 1 saturated carbocycles. The van der Waals surface area contributed by atoms with E-state index in [1.807, 2.05) is 6.08 Å². The highest BCUT2D eigenvalue weighted by atomic mass is 16.3. The fraction of sp³-hybridized carbons (Fsp3) is 0.619. The minimum Gasteiger partial charge on any atom is -0.389 e. The van der Waals surface area contributed by atoms with Crippen molar-refractivity contribution in [2.45, 2.75) is 51.2 Å². The van der Waals surface area contributed by atoms with Gasteiger partial charge in [-0.05, 0) is 43.4 Å². The first kappa shape index (κ1) is 15.2. The zero-order valence-corrected chi connectivity index (χ0v) is 14.0. The molecular formula is C21H26O2. The van der Waals surface area contributed by atoms with Gasteiger partial charge in [-0.15, -0.1) is 6.42 Å². The average Bonchev–Trinajstić information content (AvgIpc) is 2.80. The van der Waals surface area contributed by atoms with Crippen molar-refractivity contribution in [3.8, 4) is 12.3 Å². The number of rotatable bonds is 0. The van der Waals surface area contributed by atoms with Gasteiger partial charge in [-0.2, -0.15) is 0 Å². The maximum Gasteiger partial charge on any atom is 0.134 e. The van der Waals surface area contributed by atoms with Crippen LogP contribution < -0.4 is 0 Å². The molecule has 4 aliphatic carbocycles. The molecule has 2 heteroatoms. The van der Waals surface area contributed by atoms with Crippen molar-refractivity contribution in [3.63, 3.8) is 0 Å². The Labute approximate surface area is 139 Å². The standard InChI is InChI=1S/C21H26O2/c1-4-21(23)12-9-18-16-6-5-14-13-15(22)7-10-19(14,2)17(16)8-11-20(18,21)3/h1,5,7-8,10-11,15-18,22-23H,6,9,12-13H2,2-3H3/t15?,16-,17-,18+,19+,20+,21?/m1/s1. The van der Waals surface area contributed by atoms with Crippen molar-refractivity contribution in [3.05, 3.63) is 36.0 Å². The lowest BCUT2D eigenvalue weighted by Gasteiger charge is -2.54. The number of aliphatic hydroxyl groups is 2. The first-order chi connectivity index (χ1) is 10.8. The lowest BCUT2D eigenvalue weighted by molar-refractivity contribution is -0.0203. The van der Waals surface area contributed by atoms with Crippen LogP contribution in [0.4, 0.5) is 0 Å². The zero-order chi connectivity index (χ0) is 16.5. The van der Waals surface area contributed by atoms with Crippen LogP contribution in [0.5, 0.6) is 0 Å². The average molecular weight is 310 g/mol. The largest absolute Gasteiger partial charge is 0.389 e. The number of hydrogen-bond donors (Lipinski definition) is 2. The maximum absolute atomic E-state index is 10.9. The van der Waals surface area contributed by atoms with Crippen LogP contribution in [0.2, 0.25) is 0 Å². The Morgan fingerprint density at radius 3 is 2.78 bits per heavy atom. The van der Waals surface area contributed by atoms with Crippen LogP contribution in [0.25, 0.3) is 0 Å². The molecule has 0 spiro atoms. The van der Waals surface area contributed by atoms with E-state index < -0.39 is 5.60 Å². The van der Waals surface area contributed by atoms with E-state index in [4.69, 9.17) is 6.42 Å². The van der Waals surface area contributed by atoms with E-state index in [0.29, 0.717) is 24.2 Å². The summed E-state index contributed by atoms with van der Waals surface area (Å²) in [5, 5.41) is 20.9. The van der Waals surface area contributed by atoms with Crippen molar-refractivity contribution in [1.82, 2.24) is 0 Å². The molecule has 0 aromatic rings. The van der Waals surface area contributed by atoms with Gasteiger partial charge in [-0.1, -0.05) is 55.7 Å². The number of allylic oxidation sites excluding steroid dienone is 3. The molecule has 0 aliphatic heterocycles. The molecule has 2 unspecified atom stereocenters. The van der Waals surface area contributed by atoms with Crippen molar-refractivity contribution >= 4 is 0 Å². The molecule has 7 atom stereocenters. The molecule has 2 nitrogen and oxygen atoms in total. The van der Waals surface area contributed by atoms with Gasteiger partial charge in [0.25, 0.3) is 0 Å². The summed E-state index contributed by atoms with van der Waals surface area (Å²) in [5.41, 5.74) is 0.0364. The van der Waals surface area contributed by atoms with Crippen molar-refractivity contribution in [1.29, 1.82) is 0 Å². The Kier molecular flexibility index (Phi) is 3.06. The number of hydrogen-bond acceptors (Lipinski definition) is 2. The molecular weight excluding hydrogens is 284 g/mol. The Morgan fingerprint density at radius 1 is 1.26 bits per heavy atom. The normalized spacial score (nSPS) is 53.8. The summed E-state index contributed by atoms with van der Waals surface area (Å²) in [6.07, 6.45) is 19.8. The Bertz CT molecular complexity index is 666. The van der Waals surface area contributed by atoms with Crippen LogP contribution in [0.1, 0.15) is 39.5 Å². The van der Waals surface area contributed by atoms with Crippen LogP contribution in [0, 0.1) is 40.9 Å². The van der Waals surface area contributed by atoms with E-state index in [0.717, 1.165) is 19.3 Å². The molecule has 0 aromatic carbocycles. The Hall–Kier alpha value is -1.30. The summed E-state index contributed by atoms with van der Waals surface area (Å²) >= 11 is 0. The highest BCUT2D eigenvalue weighted by Crippen LogP contribution is 2.63. The van der Waals surface area contributed by atoms with Gasteiger partial charge in [-0.25, -0.2) is 0 Å². The lowest BCUT2D eigenvalue weighted by Crippen LogP contribution is -2.51. The van der Waals surface area contributed by atoms with E-state index in [9.17, 15) is 10.2 Å². The van der Waals surface area contributed by atoms with Crippen molar-refractivity contribution < 1.29 is 10.2 Å². The topological polar surface area (TPSA) is 40.5 Å². The van der Waals surface area contributed by atoms with Crippen LogP contribution >= 0.6 is 0 Å². The number of aliphatic hydroxyl groups excluding tert-OH is 1. The summed E-state index contributed by atoms with van der Waals surface area (Å²) in [4.78, 5) is 0. The van der Waals surface area contributed by atoms with Gasteiger partial charge in [0.15, 0.2) is 0 Å². The molecule has 0 amide bonds. The molecule has 0 radical (unpaired) electrons. The van der Waals surface area contributed by atoms with Crippen LogP contribution in [-0.4, -0.2) is 21.9 Å². The maximum atomic E-state index is 10.9. The molecule has 2 N–H and O–H groups in total. The fourth-order valence-corrected chi connectivity index (χ4v) is 5.88. The highest BCUT2D eigenvalue weighted by molar-refractivity contribution is 5.38. The fourth-order valence-electron chi connectivity index (χ4n) is 5.88. The smallest absolute Gasteiger partial charge is 0.134 e. The second-order valence-corrected chi connectivity index (χ2v) is 8.36. The summed E-state index contributed by atoms with van der Waals surface area (Å²) in [5.74, 6) is 4.06. The lowest BCUT2D eigenvalue weighted by atomic mass is 9.51. The third-order valence-corrected chi connectivity index (χ3v) is 7.46. The summed E-state index contributed by atoms with van der Waals surface area (Å²) < 4.78 is 0. The Balaban J connectivity index is 1.78. The van der Waals surface area contributed by atoms with Gasteiger partial charge in [0, 0.05) is 10.8 Å². The van der Waals surface area contributed by atoms with Crippen LogP contribution in [0.15, 0.2) is 36.0 Å². The van der Waals surface area contributed by atoms with Gasteiger partial charge < -0.3 is 10.2 Å². The first-order valence-electron chi connectivity index (χ1n) is 8.80. The number of terminal acetylenes is 1. The van der Waals surface area contributed by atoms with Gasteiger partial charge in [0.1, 0.15) is 5.60 Å². The van der Waals surface area contributed by atoms with E-state index in [2.05, 4.69) is 44.1 Å². The van der Waals surface area contributed by atoms with Crippen LogP contribution in [-0.2, 0) is 0 Å². The van der Waals surface area contributed by atoms with Gasteiger partial charge in [0.2, 0.25) is 0 Å². The van der Waals surface area contributed by atoms with E-state index >= 15 is 0 Å². The second kappa shape index (κ2) is 4.62. The molecule has 4 rings (SSSR count). The van der Waals surface area contributed by atoms with Crippen LogP contribution in [0.3, 0.4) is 0 Å². The summed E-state index contributed by atoms with van der Waals surface area (Å²) in [6, 6.07) is 0. The molecule has 23 heavy (non-hydrogen) atoms. The zero-order valence-electron chi connectivity index (χ0n) is 14.0. The predicted octanol–water partition coefficient (Wildman–Crippen LogP) is 3.23. The molecule has 122 valence electrons. The second-order valence-electron chi connectivity index (χ2n) is 8.36. The van der Waals surface area contributed by atoms with Gasteiger partial charge >= 0.3 is 0 Å². The van der Waals surface area contributed by atoms with Crippen molar-refractivity contribution in [2.75, 3.05) is 0 Å². The number of fused-ring (bicyclic) bond motifs is 5. The third-order valence-electron chi connectivity index (χ3n) is 7.46. The molecule has 0 heterocycles. The SMILES string of the molecule is C#CC1(O)CC[C@H]2[C@@H]3CC=C4CC(O)C=C[C@]4(C)[C@@H]3C=C[C@@]21C. The third kappa shape index (κ3) is 1.78. The quantitative estimate of drug-likeness (QED) is 0.533. The highest BCUT2D eigenvalue weighted by Gasteiger charge is 2.61. The molecule has 0 saturated heterocycles. The summed E-state index contributed by atoms with van der Waals surface area (Å²) in [6.45, 7) is 4.44. The molecule has 0 aromatic heterocycles. The minimum atomic E-state index is -1.01. The Morgan fingerprint density at radius 2 is 2.04 bits per heavy atom. The molecule has 0 bridgehead atoms. The van der Waals surface area contributed by atoms with Gasteiger partial charge in [0.05, 0.1) is 6.10 Å². The van der Waals surface area contributed by atoms with E-state index in [-0.39, 0.29) is 16.9 Å². The summed E-state index contributed by atoms with van der Waals surface area (Å²) in [7, 11) is 0. The van der Waals surface area contributed by atoms with E-state index in [1.165, 1.54) is 5.57 Å². The molecule has 1 fully saturated rings. The molecule has 4 aliphatic rings. The van der Waals surface area contributed by atoms with E-state index in [1.54, 1.807) is 0 Å². The van der Waals surface area contributed by atoms with Gasteiger partial charge in [-0.3, -0.25) is 0 Å².